The average Bonchev–Trinajstić information content (AvgIpc) is 3.33. The van der Waals surface area contributed by atoms with Gasteiger partial charge in [0.25, 0.3) is 5.91 Å². The largest absolute Gasteiger partial charge is 0.483 e. The molecule has 166 valence electrons. The van der Waals surface area contributed by atoms with E-state index >= 15 is 0 Å². The summed E-state index contributed by atoms with van der Waals surface area (Å²) in [5.74, 6) is 2.88. The van der Waals surface area contributed by atoms with E-state index in [9.17, 15) is 13.2 Å². The highest BCUT2D eigenvalue weighted by atomic mass is 32.2. The Bertz CT molecular complexity index is 1010. The first kappa shape index (κ1) is 22.5. The molecule has 2 saturated heterocycles. The summed E-state index contributed by atoms with van der Waals surface area (Å²) in [4.78, 5) is 14.7. The molecule has 0 bridgehead atoms. The number of carbonyl (C=O) groups excluding carboxylic acids is 1. The Hall–Kier alpha value is -1.68. The van der Waals surface area contributed by atoms with Crippen LogP contribution >= 0.6 is 23.5 Å². The molecule has 0 aliphatic carbocycles. The van der Waals surface area contributed by atoms with Crippen molar-refractivity contribution < 1.29 is 17.9 Å². The van der Waals surface area contributed by atoms with Gasteiger partial charge in [0.1, 0.15) is 5.75 Å². The van der Waals surface area contributed by atoms with E-state index in [-0.39, 0.29) is 25.6 Å². The van der Waals surface area contributed by atoms with Crippen molar-refractivity contribution >= 4 is 39.5 Å². The number of hydrogen-bond donors (Lipinski definition) is 0. The summed E-state index contributed by atoms with van der Waals surface area (Å²) in [6.45, 7) is 3.19. The minimum absolute atomic E-state index is 0.0379. The van der Waals surface area contributed by atoms with Gasteiger partial charge in [-0.1, -0.05) is 35.9 Å². The molecule has 0 unspecified atom stereocenters. The predicted octanol–water partition coefficient (Wildman–Crippen LogP) is 3.39. The molecular formula is C22H26N2O4S3. The number of para-hydroxylation sites is 1. The maximum Gasteiger partial charge on any atom is 0.260 e. The van der Waals surface area contributed by atoms with E-state index in [4.69, 9.17) is 4.74 Å². The minimum atomic E-state index is -3.54. The SMILES string of the molecule is Cc1ccc(S(=O)(=O)N2CCN(C(=O)COc3ccccc3C3SCCS3)CC2)cc1. The Balaban J connectivity index is 1.32. The summed E-state index contributed by atoms with van der Waals surface area (Å²) in [5, 5.41) is 0. The molecule has 2 aromatic rings. The average molecular weight is 479 g/mol. The van der Waals surface area contributed by atoms with E-state index in [2.05, 4.69) is 6.07 Å². The van der Waals surface area contributed by atoms with Crippen molar-refractivity contribution in [2.45, 2.75) is 16.4 Å². The fourth-order valence-corrected chi connectivity index (χ4v) is 7.94. The monoisotopic (exact) mass is 478 g/mol. The maximum absolute atomic E-state index is 12.8. The minimum Gasteiger partial charge on any atom is -0.483 e. The van der Waals surface area contributed by atoms with Crippen molar-refractivity contribution in [3.05, 3.63) is 59.7 Å². The van der Waals surface area contributed by atoms with Crippen LogP contribution in [0.5, 0.6) is 5.75 Å². The Kier molecular flexibility index (Phi) is 7.15. The fraction of sp³-hybridized carbons (Fsp3) is 0.409. The molecule has 0 atom stereocenters. The number of aryl methyl sites for hydroxylation is 1. The zero-order valence-corrected chi connectivity index (χ0v) is 19.8. The maximum atomic E-state index is 12.8. The molecule has 2 heterocycles. The normalized spacial score (nSPS) is 18.3. The summed E-state index contributed by atoms with van der Waals surface area (Å²) >= 11 is 3.80. The first-order valence-corrected chi connectivity index (χ1v) is 13.8. The number of carbonyl (C=O) groups is 1. The van der Waals surface area contributed by atoms with Crippen molar-refractivity contribution in [1.82, 2.24) is 9.21 Å². The predicted molar refractivity (Wildman–Crippen MR) is 126 cm³/mol. The molecule has 31 heavy (non-hydrogen) atoms. The quantitative estimate of drug-likeness (QED) is 0.634. The molecule has 9 heteroatoms. The number of amides is 1. The van der Waals surface area contributed by atoms with Crippen molar-refractivity contribution in [3.8, 4) is 5.75 Å². The number of thioether (sulfide) groups is 2. The molecule has 1 amide bonds. The standard InChI is InChI=1S/C22H26N2O4S3/c1-17-6-8-18(9-7-17)31(26,27)24-12-10-23(11-13-24)21(25)16-28-20-5-3-2-4-19(20)22-29-14-15-30-22/h2-9,22H,10-16H2,1H3. The van der Waals surface area contributed by atoms with Gasteiger partial charge < -0.3 is 9.64 Å². The Morgan fingerprint density at radius 1 is 1.00 bits per heavy atom. The third-order valence-electron chi connectivity index (χ3n) is 5.40. The van der Waals surface area contributed by atoms with E-state index in [0.717, 1.165) is 28.4 Å². The highest BCUT2D eigenvalue weighted by Crippen LogP contribution is 2.48. The third-order valence-corrected chi connectivity index (χ3v) is 10.4. The molecule has 0 saturated carbocycles. The first-order valence-electron chi connectivity index (χ1n) is 10.2. The summed E-state index contributed by atoms with van der Waals surface area (Å²) in [6, 6.07) is 14.7. The van der Waals surface area contributed by atoms with Crippen LogP contribution in [0.4, 0.5) is 0 Å². The van der Waals surface area contributed by atoms with Gasteiger partial charge in [-0.25, -0.2) is 8.42 Å². The fourth-order valence-electron chi connectivity index (χ4n) is 3.61. The molecule has 0 N–H and O–H groups in total. The lowest BCUT2D eigenvalue weighted by atomic mass is 10.2. The van der Waals surface area contributed by atoms with E-state index in [1.807, 2.05) is 48.6 Å². The summed E-state index contributed by atoms with van der Waals surface area (Å²) < 4.78 is 33.4. The number of piperazine rings is 1. The second kappa shape index (κ2) is 9.85. The number of benzene rings is 2. The van der Waals surface area contributed by atoms with Gasteiger partial charge in [0.15, 0.2) is 6.61 Å². The highest BCUT2D eigenvalue weighted by Gasteiger charge is 2.30. The second-order valence-corrected chi connectivity index (χ2v) is 12.2. The zero-order valence-electron chi connectivity index (χ0n) is 17.4. The van der Waals surface area contributed by atoms with Crippen LogP contribution < -0.4 is 4.74 Å². The summed E-state index contributed by atoms with van der Waals surface area (Å²) in [7, 11) is -3.54. The van der Waals surface area contributed by atoms with Crippen LogP contribution in [-0.2, 0) is 14.8 Å². The number of rotatable bonds is 6. The van der Waals surface area contributed by atoms with Crippen LogP contribution in [0.3, 0.4) is 0 Å². The molecule has 0 aromatic heterocycles. The Morgan fingerprint density at radius 3 is 2.32 bits per heavy atom. The second-order valence-electron chi connectivity index (χ2n) is 7.50. The lowest BCUT2D eigenvalue weighted by molar-refractivity contribution is -0.134. The summed E-state index contributed by atoms with van der Waals surface area (Å²) in [5.41, 5.74) is 2.14. The van der Waals surface area contributed by atoms with E-state index in [0.29, 0.717) is 22.6 Å². The number of nitrogens with zero attached hydrogens (tertiary/aromatic N) is 2. The highest BCUT2D eigenvalue weighted by molar-refractivity contribution is 8.19. The molecule has 4 rings (SSSR count). The number of ether oxygens (including phenoxy) is 1. The van der Waals surface area contributed by atoms with Gasteiger partial charge >= 0.3 is 0 Å². The molecule has 2 aliphatic rings. The van der Waals surface area contributed by atoms with Crippen LogP contribution in [0.15, 0.2) is 53.4 Å². The lowest BCUT2D eigenvalue weighted by Crippen LogP contribution is -2.51. The van der Waals surface area contributed by atoms with Gasteiger partial charge in [-0.15, -0.1) is 23.5 Å². The van der Waals surface area contributed by atoms with Crippen LogP contribution in [0, 0.1) is 6.92 Å². The van der Waals surface area contributed by atoms with Crippen molar-refractivity contribution in [1.29, 1.82) is 0 Å². The van der Waals surface area contributed by atoms with Gasteiger partial charge in [0.2, 0.25) is 10.0 Å². The summed E-state index contributed by atoms with van der Waals surface area (Å²) in [6.07, 6.45) is 0. The number of hydrogen-bond acceptors (Lipinski definition) is 6. The molecule has 6 nitrogen and oxygen atoms in total. The van der Waals surface area contributed by atoms with E-state index in [1.165, 1.54) is 4.31 Å². The van der Waals surface area contributed by atoms with E-state index in [1.54, 1.807) is 29.2 Å². The molecular weight excluding hydrogens is 452 g/mol. The van der Waals surface area contributed by atoms with Crippen LogP contribution in [0.25, 0.3) is 0 Å². The van der Waals surface area contributed by atoms with Gasteiger partial charge in [0, 0.05) is 43.2 Å². The molecule has 2 aromatic carbocycles. The zero-order chi connectivity index (χ0) is 21.8. The van der Waals surface area contributed by atoms with Gasteiger partial charge in [-0.3, -0.25) is 4.79 Å². The van der Waals surface area contributed by atoms with Gasteiger partial charge in [0.05, 0.1) is 9.48 Å². The smallest absolute Gasteiger partial charge is 0.260 e. The van der Waals surface area contributed by atoms with Gasteiger partial charge in [-0.05, 0) is 25.1 Å². The lowest BCUT2D eigenvalue weighted by Gasteiger charge is -2.34. The van der Waals surface area contributed by atoms with Crippen molar-refractivity contribution in [3.63, 3.8) is 0 Å². The van der Waals surface area contributed by atoms with Crippen molar-refractivity contribution in [2.75, 3.05) is 44.3 Å². The Morgan fingerprint density at radius 2 is 1.65 bits per heavy atom. The molecule has 0 spiro atoms. The first-order chi connectivity index (χ1) is 14.9. The molecule has 0 radical (unpaired) electrons. The van der Waals surface area contributed by atoms with Crippen LogP contribution in [0.2, 0.25) is 0 Å². The van der Waals surface area contributed by atoms with Gasteiger partial charge in [-0.2, -0.15) is 4.31 Å². The van der Waals surface area contributed by atoms with Crippen LogP contribution in [-0.4, -0.2) is 67.8 Å². The Labute approximate surface area is 192 Å². The third kappa shape index (κ3) is 5.22. The molecule has 2 fully saturated rings. The van der Waals surface area contributed by atoms with E-state index < -0.39 is 10.0 Å². The van der Waals surface area contributed by atoms with Crippen molar-refractivity contribution in [2.24, 2.45) is 0 Å². The topological polar surface area (TPSA) is 66.9 Å². The molecule has 2 aliphatic heterocycles. The number of sulfonamides is 1. The van der Waals surface area contributed by atoms with Crippen LogP contribution in [0.1, 0.15) is 15.7 Å².